The van der Waals surface area contributed by atoms with Crippen LogP contribution in [0.2, 0.25) is 0 Å². The van der Waals surface area contributed by atoms with E-state index in [0.717, 1.165) is 57.8 Å². The van der Waals surface area contributed by atoms with Crippen molar-refractivity contribution < 1.29 is 37.3 Å². The van der Waals surface area contributed by atoms with Gasteiger partial charge in [0, 0.05) is 13.0 Å². The van der Waals surface area contributed by atoms with Crippen molar-refractivity contribution in [3.05, 3.63) is 36.5 Å². The Kier molecular flexibility index (Phi) is 35.8. The molecule has 0 fully saturated rings. The standard InChI is InChI=1S/C43H82NO7P/c1-6-8-10-12-14-16-18-20-22-23-25-27-29-31-33-35-38-48-40-42(41-50-52(46,47)49-39-37-44(3,4)5)51-43(45)36-34-32-30-28-26-24-21-19-17-15-13-11-9-7-2/h8,10,14,16,20,22,42H,6-7,9,11-13,15,17-19,21,23-41H2,1-5H3/p+1/b10-8-,16-14-,22-20-. The van der Waals surface area contributed by atoms with Gasteiger partial charge in [-0.3, -0.25) is 13.8 Å². The normalized spacial score (nSPS) is 14.2. The lowest BCUT2D eigenvalue weighted by Crippen LogP contribution is -2.37. The molecule has 0 amide bonds. The Balaban J connectivity index is 4.26. The molecule has 0 spiro atoms. The van der Waals surface area contributed by atoms with E-state index in [1.54, 1.807) is 0 Å². The summed E-state index contributed by atoms with van der Waals surface area (Å²) in [6.45, 7) is 5.49. The van der Waals surface area contributed by atoms with E-state index in [2.05, 4.69) is 50.3 Å². The van der Waals surface area contributed by atoms with E-state index in [1.165, 1.54) is 96.3 Å². The lowest BCUT2D eigenvalue weighted by molar-refractivity contribution is -0.870. The number of carbonyl (C=O) groups excluding carboxylic acids is 1. The van der Waals surface area contributed by atoms with Crippen molar-refractivity contribution in [1.29, 1.82) is 0 Å². The SMILES string of the molecule is CC/C=C\C/C=C\C/C=C\CCCCCCCCOCC(COP(=O)(O)OCC[N+](C)(C)C)OC(=O)CCCCCCCCCCCCCCCC. The summed E-state index contributed by atoms with van der Waals surface area (Å²) in [5.74, 6) is -0.319. The van der Waals surface area contributed by atoms with Crippen LogP contribution >= 0.6 is 7.82 Å². The molecule has 9 heteroatoms. The molecule has 0 rings (SSSR count). The minimum absolute atomic E-state index is 0.0864. The summed E-state index contributed by atoms with van der Waals surface area (Å²) in [5.41, 5.74) is 0. The Morgan fingerprint density at radius 1 is 0.615 bits per heavy atom. The lowest BCUT2D eigenvalue weighted by atomic mass is 10.0. The average molecular weight is 757 g/mol. The second kappa shape index (κ2) is 36.7. The van der Waals surface area contributed by atoms with Crippen LogP contribution in [-0.4, -0.2) is 75.6 Å². The Labute approximate surface area is 321 Å². The summed E-state index contributed by atoms with van der Waals surface area (Å²) in [6, 6.07) is 0. The van der Waals surface area contributed by atoms with Gasteiger partial charge < -0.3 is 18.9 Å². The van der Waals surface area contributed by atoms with Crippen molar-refractivity contribution in [2.75, 3.05) is 54.1 Å². The molecule has 0 aliphatic carbocycles. The van der Waals surface area contributed by atoms with Gasteiger partial charge in [-0.15, -0.1) is 0 Å². The molecule has 2 unspecified atom stereocenters. The maximum absolute atomic E-state index is 12.7. The molecule has 52 heavy (non-hydrogen) atoms. The summed E-state index contributed by atoms with van der Waals surface area (Å²) in [4.78, 5) is 22.8. The van der Waals surface area contributed by atoms with Gasteiger partial charge in [0.1, 0.15) is 19.3 Å². The largest absolute Gasteiger partial charge is 0.472 e. The first-order valence-electron chi connectivity index (χ1n) is 21.2. The number of esters is 1. The molecule has 2 atom stereocenters. The predicted molar refractivity (Wildman–Crippen MR) is 220 cm³/mol. The number of nitrogens with zero attached hydrogens (tertiary/aromatic N) is 1. The molecule has 0 aliphatic heterocycles. The summed E-state index contributed by atoms with van der Waals surface area (Å²) >= 11 is 0. The summed E-state index contributed by atoms with van der Waals surface area (Å²) < 4.78 is 34.9. The molecule has 306 valence electrons. The highest BCUT2D eigenvalue weighted by Gasteiger charge is 2.26. The van der Waals surface area contributed by atoms with Crippen LogP contribution in [0.4, 0.5) is 0 Å². The molecule has 8 nitrogen and oxygen atoms in total. The molecule has 0 bridgehead atoms. The van der Waals surface area contributed by atoms with E-state index >= 15 is 0 Å². The number of hydrogen-bond acceptors (Lipinski definition) is 6. The van der Waals surface area contributed by atoms with Gasteiger partial charge in [0.15, 0.2) is 0 Å². The van der Waals surface area contributed by atoms with Crippen LogP contribution in [0.25, 0.3) is 0 Å². The third-order valence-electron chi connectivity index (χ3n) is 8.97. The molecule has 0 heterocycles. The first-order chi connectivity index (χ1) is 25.1. The van der Waals surface area contributed by atoms with Crippen molar-refractivity contribution in [3.63, 3.8) is 0 Å². The van der Waals surface area contributed by atoms with Gasteiger partial charge in [-0.1, -0.05) is 159 Å². The number of phosphoric ester groups is 1. The van der Waals surface area contributed by atoms with Gasteiger partial charge in [-0.25, -0.2) is 4.57 Å². The van der Waals surface area contributed by atoms with Crippen molar-refractivity contribution in [3.8, 4) is 0 Å². The molecule has 1 N–H and O–H groups in total. The molecule has 0 saturated heterocycles. The number of likely N-dealkylation sites (N-methyl/N-ethyl adjacent to an activating group) is 1. The first kappa shape index (κ1) is 50.7. The Bertz CT molecular complexity index is 931. The minimum atomic E-state index is -4.27. The van der Waals surface area contributed by atoms with E-state index < -0.39 is 13.9 Å². The topological polar surface area (TPSA) is 91.3 Å². The van der Waals surface area contributed by atoms with Crippen LogP contribution in [-0.2, 0) is 27.9 Å². The summed E-state index contributed by atoms with van der Waals surface area (Å²) in [5, 5.41) is 0. The average Bonchev–Trinajstić information content (AvgIpc) is 3.09. The maximum Gasteiger partial charge on any atom is 0.472 e. The van der Waals surface area contributed by atoms with Crippen LogP contribution in [0.3, 0.4) is 0 Å². The zero-order valence-corrected chi connectivity index (χ0v) is 35.4. The summed E-state index contributed by atoms with van der Waals surface area (Å²) in [7, 11) is 1.66. The molecule has 0 aliphatic rings. The second-order valence-electron chi connectivity index (χ2n) is 15.3. The fraction of sp³-hybridized carbons (Fsp3) is 0.837. The molecular formula is C43H83NO7P+. The second-order valence-corrected chi connectivity index (χ2v) is 16.8. The zero-order valence-electron chi connectivity index (χ0n) is 34.5. The van der Waals surface area contributed by atoms with Crippen molar-refractivity contribution >= 4 is 13.8 Å². The summed E-state index contributed by atoms with van der Waals surface area (Å²) in [6.07, 6.45) is 41.7. The number of phosphoric acid groups is 1. The fourth-order valence-corrected chi connectivity index (χ4v) is 6.43. The van der Waals surface area contributed by atoms with Crippen molar-refractivity contribution in [1.82, 2.24) is 0 Å². The quantitative estimate of drug-likeness (QED) is 0.0219. The maximum atomic E-state index is 12.7. The number of rotatable bonds is 39. The number of allylic oxidation sites excluding steroid dienone is 6. The van der Waals surface area contributed by atoms with Crippen molar-refractivity contribution in [2.24, 2.45) is 0 Å². The Morgan fingerprint density at radius 2 is 1.12 bits per heavy atom. The van der Waals surface area contributed by atoms with Gasteiger partial charge in [-0.05, 0) is 44.9 Å². The molecule has 0 aromatic rings. The minimum Gasteiger partial charge on any atom is -0.457 e. The van der Waals surface area contributed by atoms with E-state index in [0.29, 0.717) is 24.1 Å². The number of ether oxygens (including phenoxy) is 2. The Morgan fingerprint density at radius 3 is 1.67 bits per heavy atom. The zero-order chi connectivity index (χ0) is 38.4. The number of quaternary nitrogens is 1. The van der Waals surface area contributed by atoms with Gasteiger partial charge in [-0.2, -0.15) is 0 Å². The Hall–Kier alpha value is -1.28. The highest BCUT2D eigenvalue weighted by Crippen LogP contribution is 2.43. The van der Waals surface area contributed by atoms with Crippen LogP contribution < -0.4 is 0 Å². The van der Waals surface area contributed by atoms with E-state index in [-0.39, 0.29) is 25.8 Å². The monoisotopic (exact) mass is 757 g/mol. The van der Waals surface area contributed by atoms with E-state index in [1.807, 2.05) is 21.1 Å². The first-order valence-corrected chi connectivity index (χ1v) is 22.7. The van der Waals surface area contributed by atoms with Gasteiger partial charge in [0.2, 0.25) is 0 Å². The van der Waals surface area contributed by atoms with Gasteiger partial charge in [0.05, 0.1) is 34.4 Å². The third-order valence-corrected chi connectivity index (χ3v) is 9.95. The molecular weight excluding hydrogens is 673 g/mol. The number of unbranched alkanes of at least 4 members (excludes halogenated alkanes) is 19. The van der Waals surface area contributed by atoms with Gasteiger partial charge >= 0.3 is 13.8 Å². The number of hydrogen-bond donors (Lipinski definition) is 1. The molecule has 0 radical (unpaired) electrons. The molecule has 0 aromatic carbocycles. The van der Waals surface area contributed by atoms with Crippen molar-refractivity contribution in [2.45, 2.75) is 180 Å². The molecule has 0 aromatic heterocycles. The number of carbonyl (C=O) groups is 1. The van der Waals surface area contributed by atoms with Crippen LogP contribution in [0.15, 0.2) is 36.5 Å². The van der Waals surface area contributed by atoms with E-state index in [9.17, 15) is 14.3 Å². The molecule has 0 saturated carbocycles. The van der Waals surface area contributed by atoms with Gasteiger partial charge in [0.25, 0.3) is 0 Å². The highest BCUT2D eigenvalue weighted by molar-refractivity contribution is 7.47. The van der Waals surface area contributed by atoms with Crippen LogP contribution in [0.1, 0.15) is 174 Å². The smallest absolute Gasteiger partial charge is 0.457 e. The van der Waals surface area contributed by atoms with E-state index in [4.69, 9.17) is 18.5 Å². The lowest BCUT2D eigenvalue weighted by Gasteiger charge is -2.24. The predicted octanol–water partition coefficient (Wildman–Crippen LogP) is 12.2. The fourth-order valence-electron chi connectivity index (χ4n) is 5.68. The van der Waals surface area contributed by atoms with Crippen LogP contribution in [0.5, 0.6) is 0 Å². The third kappa shape index (κ3) is 39.9. The van der Waals surface area contributed by atoms with Crippen LogP contribution in [0, 0.1) is 0 Å². The highest BCUT2D eigenvalue weighted by atomic mass is 31.2.